The highest BCUT2D eigenvalue weighted by molar-refractivity contribution is 7.87. The topological polar surface area (TPSA) is 61.4 Å². The zero-order valence-corrected chi connectivity index (χ0v) is 10.4. The lowest BCUT2D eigenvalue weighted by molar-refractivity contribution is 0.422. The molecular weight excluding hydrogens is 202 g/mol. The summed E-state index contributed by atoms with van der Waals surface area (Å²) in [5, 5.41) is 2.90. The second-order valence-corrected chi connectivity index (χ2v) is 6.06. The predicted molar refractivity (Wildman–Crippen MR) is 58.4 cm³/mol. The largest absolute Gasteiger partial charge is 0.318 e. The third-order valence-electron chi connectivity index (χ3n) is 1.52. The fourth-order valence-corrected chi connectivity index (χ4v) is 2.12. The summed E-state index contributed by atoms with van der Waals surface area (Å²) in [5.41, 5.74) is -0.438. The van der Waals surface area contributed by atoms with Gasteiger partial charge in [0.25, 0.3) is 10.2 Å². The number of hydrogen-bond acceptors (Lipinski definition) is 3. The number of hydrogen-bond donors (Lipinski definition) is 2. The molecule has 0 bridgehead atoms. The minimum atomic E-state index is -3.35. The van der Waals surface area contributed by atoms with E-state index in [1.54, 1.807) is 14.1 Å². The van der Waals surface area contributed by atoms with Crippen molar-refractivity contribution in [3.8, 4) is 0 Å². The van der Waals surface area contributed by atoms with Crippen LogP contribution in [0.1, 0.15) is 20.8 Å². The minimum absolute atomic E-state index is 0.438. The molecule has 86 valence electrons. The fourth-order valence-electron chi connectivity index (χ4n) is 0.854. The zero-order chi connectivity index (χ0) is 11.4. The zero-order valence-electron chi connectivity index (χ0n) is 9.59. The van der Waals surface area contributed by atoms with E-state index in [9.17, 15) is 8.42 Å². The number of nitrogens with zero attached hydrogens (tertiary/aromatic N) is 1. The molecule has 0 radical (unpaired) electrons. The second-order valence-electron chi connectivity index (χ2n) is 4.28. The lowest BCUT2D eigenvalue weighted by Crippen LogP contribution is -2.48. The Bertz CT molecular complexity index is 256. The Labute approximate surface area is 87.0 Å². The fraction of sp³-hybridized carbons (Fsp3) is 1.00. The minimum Gasteiger partial charge on any atom is -0.318 e. The van der Waals surface area contributed by atoms with E-state index in [0.717, 1.165) is 0 Å². The van der Waals surface area contributed by atoms with E-state index in [2.05, 4.69) is 10.0 Å². The maximum Gasteiger partial charge on any atom is 0.279 e. The second kappa shape index (κ2) is 5.06. The standard InChI is InChI=1S/C8H21N3O2S/c1-8(2,3)10-14(12,13)11(5)7-6-9-4/h9-10H,6-7H2,1-5H3. The van der Waals surface area contributed by atoms with Crippen LogP contribution < -0.4 is 10.0 Å². The van der Waals surface area contributed by atoms with Crippen LogP contribution in [0.25, 0.3) is 0 Å². The van der Waals surface area contributed by atoms with Crippen LogP contribution in [0.15, 0.2) is 0 Å². The van der Waals surface area contributed by atoms with Gasteiger partial charge in [-0.3, -0.25) is 0 Å². The van der Waals surface area contributed by atoms with E-state index in [1.165, 1.54) is 4.31 Å². The van der Waals surface area contributed by atoms with Crippen molar-refractivity contribution in [1.29, 1.82) is 0 Å². The molecule has 6 heteroatoms. The summed E-state index contributed by atoms with van der Waals surface area (Å²) in [5.74, 6) is 0. The normalized spacial score (nSPS) is 13.6. The van der Waals surface area contributed by atoms with E-state index in [-0.39, 0.29) is 0 Å². The van der Waals surface area contributed by atoms with Crippen LogP contribution in [0.3, 0.4) is 0 Å². The maximum atomic E-state index is 11.6. The van der Waals surface area contributed by atoms with E-state index in [4.69, 9.17) is 0 Å². The van der Waals surface area contributed by atoms with Gasteiger partial charge < -0.3 is 5.32 Å². The first-order chi connectivity index (χ1) is 6.19. The third kappa shape index (κ3) is 5.54. The smallest absolute Gasteiger partial charge is 0.279 e. The van der Waals surface area contributed by atoms with Gasteiger partial charge in [-0.25, -0.2) is 0 Å². The molecule has 14 heavy (non-hydrogen) atoms. The average Bonchev–Trinajstić information content (AvgIpc) is 1.95. The Morgan fingerprint density at radius 3 is 2.14 bits per heavy atom. The van der Waals surface area contributed by atoms with Gasteiger partial charge >= 0.3 is 0 Å². The molecular formula is C8H21N3O2S. The third-order valence-corrected chi connectivity index (χ3v) is 3.40. The lowest BCUT2D eigenvalue weighted by Gasteiger charge is -2.25. The molecule has 0 amide bonds. The molecule has 0 rings (SSSR count). The van der Waals surface area contributed by atoms with Gasteiger partial charge in [0.1, 0.15) is 0 Å². The SMILES string of the molecule is CNCCN(C)S(=O)(=O)NC(C)(C)C. The molecule has 0 heterocycles. The molecule has 0 aliphatic rings. The van der Waals surface area contributed by atoms with Gasteiger partial charge in [-0.15, -0.1) is 0 Å². The van der Waals surface area contributed by atoms with Gasteiger partial charge in [-0.1, -0.05) is 0 Å². The predicted octanol–water partition coefficient (Wildman–Crippen LogP) is -0.229. The van der Waals surface area contributed by atoms with E-state index < -0.39 is 15.7 Å². The van der Waals surface area contributed by atoms with E-state index in [0.29, 0.717) is 13.1 Å². The van der Waals surface area contributed by atoms with Gasteiger partial charge in [0.05, 0.1) is 0 Å². The lowest BCUT2D eigenvalue weighted by atomic mass is 10.1. The van der Waals surface area contributed by atoms with Crippen molar-refractivity contribution in [2.75, 3.05) is 27.2 Å². The quantitative estimate of drug-likeness (QED) is 0.677. The molecule has 0 saturated carbocycles. The molecule has 0 aromatic rings. The van der Waals surface area contributed by atoms with Gasteiger partial charge in [-0.2, -0.15) is 17.4 Å². The summed E-state index contributed by atoms with van der Waals surface area (Å²) in [7, 11) is 0.00336. The summed E-state index contributed by atoms with van der Waals surface area (Å²) >= 11 is 0. The van der Waals surface area contributed by atoms with Crippen LogP contribution in [-0.2, 0) is 10.2 Å². The Morgan fingerprint density at radius 1 is 1.29 bits per heavy atom. The van der Waals surface area contributed by atoms with Crippen molar-refractivity contribution in [3.63, 3.8) is 0 Å². The first kappa shape index (κ1) is 13.8. The van der Waals surface area contributed by atoms with Crippen molar-refractivity contribution < 1.29 is 8.42 Å². The molecule has 0 aliphatic carbocycles. The Morgan fingerprint density at radius 2 is 1.79 bits per heavy atom. The summed E-state index contributed by atoms with van der Waals surface area (Å²) in [4.78, 5) is 0. The molecule has 0 unspecified atom stereocenters. The van der Waals surface area contributed by atoms with Gasteiger partial charge in [0.2, 0.25) is 0 Å². The van der Waals surface area contributed by atoms with Crippen molar-refractivity contribution in [1.82, 2.24) is 14.3 Å². The molecule has 0 aliphatic heterocycles. The van der Waals surface area contributed by atoms with Crippen LogP contribution in [0.5, 0.6) is 0 Å². The van der Waals surface area contributed by atoms with Crippen LogP contribution >= 0.6 is 0 Å². The molecule has 0 saturated heterocycles. The summed E-state index contributed by atoms with van der Waals surface area (Å²) in [6, 6.07) is 0. The number of nitrogens with one attached hydrogen (secondary N) is 2. The Balaban J connectivity index is 4.32. The van der Waals surface area contributed by atoms with Crippen LogP contribution in [0.4, 0.5) is 0 Å². The average molecular weight is 223 g/mol. The maximum absolute atomic E-state index is 11.6. The summed E-state index contributed by atoms with van der Waals surface area (Å²) in [6.07, 6.45) is 0. The van der Waals surface area contributed by atoms with Crippen molar-refractivity contribution in [2.45, 2.75) is 26.3 Å². The van der Waals surface area contributed by atoms with Gasteiger partial charge in [0.15, 0.2) is 0 Å². The van der Waals surface area contributed by atoms with Crippen molar-refractivity contribution in [2.24, 2.45) is 0 Å². The summed E-state index contributed by atoms with van der Waals surface area (Å²) in [6.45, 7) is 6.55. The van der Waals surface area contributed by atoms with Crippen LogP contribution in [-0.4, -0.2) is 45.4 Å². The number of rotatable bonds is 5. The monoisotopic (exact) mass is 223 g/mol. The number of likely N-dealkylation sites (N-methyl/N-ethyl adjacent to an activating group) is 2. The summed E-state index contributed by atoms with van der Waals surface area (Å²) < 4.78 is 27.2. The van der Waals surface area contributed by atoms with Crippen molar-refractivity contribution >= 4 is 10.2 Å². The van der Waals surface area contributed by atoms with Crippen molar-refractivity contribution in [3.05, 3.63) is 0 Å². The molecule has 0 aromatic heterocycles. The van der Waals surface area contributed by atoms with Crippen LogP contribution in [0, 0.1) is 0 Å². The highest BCUT2D eigenvalue weighted by Crippen LogP contribution is 2.04. The molecule has 0 atom stereocenters. The highest BCUT2D eigenvalue weighted by Gasteiger charge is 2.23. The molecule has 0 spiro atoms. The molecule has 0 fully saturated rings. The Hall–Kier alpha value is -0.170. The van der Waals surface area contributed by atoms with Gasteiger partial charge in [0, 0.05) is 25.7 Å². The van der Waals surface area contributed by atoms with Gasteiger partial charge in [-0.05, 0) is 27.8 Å². The Kier molecular flexibility index (Phi) is 5.00. The highest BCUT2D eigenvalue weighted by atomic mass is 32.2. The first-order valence-corrected chi connectivity index (χ1v) is 6.03. The molecule has 0 aromatic carbocycles. The molecule has 2 N–H and O–H groups in total. The first-order valence-electron chi connectivity index (χ1n) is 4.59. The van der Waals surface area contributed by atoms with E-state index in [1.807, 2.05) is 20.8 Å². The molecule has 5 nitrogen and oxygen atoms in total. The van der Waals surface area contributed by atoms with E-state index >= 15 is 0 Å². The van der Waals surface area contributed by atoms with Crippen LogP contribution in [0.2, 0.25) is 0 Å².